The fourth-order valence-electron chi connectivity index (χ4n) is 3.54. The van der Waals surface area contributed by atoms with E-state index in [0.29, 0.717) is 12.1 Å². The van der Waals surface area contributed by atoms with Gasteiger partial charge in [-0.15, -0.1) is 0 Å². The van der Waals surface area contributed by atoms with Crippen molar-refractivity contribution in [3.8, 4) is 0 Å². The average molecular weight is 268 g/mol. The van der Waals surface area contributed by atoms with E-state index in [-0.39, 0.29) is 5.41 Å². The second-order valence-corrected chi connectivity index (χ2v) is 7.33. The molecule has 3 unspecified atom stereocenters. The van der Waals surface area contributed by atoms with Crippen LogP contribution < -0.4 is 5.73 Å². The maximum absolute atomic E-state index is 6.18. The summed E-state index contributed by atoms with van der Waals surface area (Å²) >= 11 is 0. The van der Waals surface area contributed by atoms with Crippen molar-refractivity contribution in [2.75, 3.05) is 26.2 Å². The van der Waals surface area contributed by atoms with Crippen LogP contribution in [-0.2, 0) is 4.74 Å². The predicted octanol–water partition coefficient (Wildman–Crippen LogP) is 2.64. The minimum Gasteiger partial charge on any atom is -0.377 e. The largest absolute Gasteiger partial charge is 0.377 e. The van der Waals surface area contributed by atoms with Crippen molar-refractivity contribution >= 4 is 0 Å². The van der Waals surface area contributed by atoms with Gasteiger partial charge in [0.2, 0.25) is 0 Å². The zero-order valence-corrected chi connectivity index (χ0v) is 13.0. The first-order valence-electron chi connectivity index (χ1n) is 8.08. The molecule has 1 heterocycles. The number of ether oxygens (including phenoxy) is 1. The Morgan fingerprint density at radius 2 is 1.95 bits per heavy atom. The first kappa shape index (κ1) is 15.3. The Bertz CT molecular complexity index is 280. The summed E-state index contributed by atoms with van der Waals surface area (Å²) in [4.78, 5) is 2.52. The van der Waals surface area contributed by atoms with E-state index in [1.165, 1.54) is 25.7 Å². The van der Waals surface area contributed by atoms with E-state index in [9.17, 15) is 0 Å². The first-order chi connectivity index (χ1) is 8.99. The Morgan fingerprint density at radius 3 is 2.63 bits per heavy atom. The SMILES string of the molecule is CC1CCCCC1OCCN1CCC(N)C(C)(C)C1. The van der Waals surface area contributed by atoms with Gasteiger partial charge in [-0.25, -0.2) is 0 Å². The molecule has 1 aliphatic carbocycles. The van der Waals surface area contributed by atoms with E-state index in [0.717, 1.165) is 38.6 Å². The topological polar surface area (TPSA) is 38.5 Å². The van der Waals surface area contributed by atoms with Gasteiger partial charge in [-0.3, -0.25) is 0 Å². The third kappa shape index (κ3) is 4.17. The fourth-order valence-corrected chi connectivity index (χ4v) is 3.54. The molecule has 2 N–H and O–H groups in total. The zero-order valence-electron chi connectivity index (χ0n) is 13.0. The second kappa shape index (κ2) is 6.55. The van der Waals surface area contributed by atoms with E-state index < -0.39 is 0 Å². The number of nitrogens with two attached hydrogens (primary N) is 1. The van der Waals surface area contributed by atoms with Crippen molar-refractivity contribution < 1.29 is 4.74 Å². The molecular weight excluding hydrogens is 236 g/mol. The van der Waals surface area contributed by atoms with Gasteiger partial charge in [-0.05, 0) is 37.1 Å². The number of piperidine rings is 1. The normalized spacial score (nSPS) is 36.3. The van der Waals surface area contributed by atoms with Gasteiger partial charge in [-0.2, -0.15) is 0 Å². The van der Waals surface area contributed by atoms with Crippen LogP contribution in [0.1, 0.15) is 52.9 Å². The highest BCUT2D eigenvalue weighted by molar-refractivity contribution is 4.89. The summed E-state index contributed by atoms with van der Waals surface area (Å²) < 4.78 is 6.12. The number of rotatable bonds is 4. The molecule has 2 aliphatic rings. The molecule has 0 amide bonds. The van der Waals surface area contributed by atoms with E-state index in [1.807, 2.05) is 0 Å². The minimum atomic E-state index is 0.246. The van der Waals surface area contributed by atoms with E-state index >= 15 is 0 Å². The highest BCUT2D eigenvalue weighted by Gasteiger charge is 2.33. The quantitative estimate of drug-likeness (QED) is 0.852. The van der Waals surface area contributed by atoms with Crippen LogP contribution in [0.2, 0.25) is 0 Å². The van der Waals surface area contributed by atoms with E-state index in [4.69, 9.17) is 10.5 Å². The Kier molecular flexibility index (Phi) is 5.27. The number of nitrogens with zero attached hydrogens (tertiary/aromatic N) is 1. The molecule has 2 fully saturated rings. The van der Waals surface area contributed by atoms with E-state index in [1.54, 1.807) is 0 Å². The Balaban J connectivity index is 1.68. The number of hydrogen-bond acceptors (Lipinski definition) is 3. The predicted molar refractivity (Wildman–Crippen MR) is 80.2 cm³/mol. The molecule has 1 saturated heterocycles. The van der Waals surface area contributed by atoms with Crippen molar-refractivity contribution in [3.63, 3.8) is 0 Å². The third-order valence-electron chi connectivity index (χ3n) is 5.16. The van der Waals surface area contributed by atoms with Crippen LogP contribution in [0.15, 0.2) is 0 Å². The van der Waals surface area contributed by atoms with Gasteiger partial charge in [0, 0.05) is 19.1 Å². The lowest BCUT2D eigenvalue weighted by Crippen LogP contribution is -2.53. The summed E-state index contributed by atoms with van der Waals surface area (Å²) in [6.45, 7) is 11.1. The van der Waals surface area contributed by atoms with Gasteiger partial charge >= 0.3 is 0 Å². The highest BCUT2D eigenvalue weighted by atomic mass is 16.5. The van der Waals surface area contributed by atoms with Crippen LogP contribution in [0.3, 0.4) is 0 Å². The molecule has 1 saturated carbocycles. The molecule has 3 heteroatoms. The summed E-state index contributed by atoms with van der Waals surface area (Å²) in [6.07, 6.45) is 6.97. The molecule has 112 valence electrons. The maximum atomic E-state index is 6.18. The molecule has 19 heavy (non-hydrogen) atoms. The minimum absolute atomic E-state index is 0.246. The molecule has 0 aromatic heterocycles. The van der Waals surface area contributed by atoms with Gasteiger partial charge in [0.1, 0.15) is 0 Å². The first-order valence-corrected chi connectivity index (χ1v) is 8.08. The molecule has 0 radical (unpaired) electrons. The van der Waals surface area contributed by atoms with Crippen LogP contribution in [0.5, 0.6) is 0 Å². The molecule has 0 bridgehead atoms. The van der Waals surface area contributed by atoms with Crippen molar-refractivity contribution in [1.82, 2.24) is 4.90 Å². The van der Waals surface area contributed by atoms with Crippen molar-refractivity contribution in [3.05, 3.63) is 0 Å². The van der Waals surface area contributed by atoms with Crippen LogP contribution >= 0.6 is 0 Å². The smallest absolute Gasteiger partial charge is 0.0601 e. The van der Waals surface area contributed by atoms with Gasteiger partial charge in [-0.1, -0.05) is 33.6 Å². The van der Waals surface area contributed by atoms with Gasteiger partial charge in [0.05, 0.1) is 12.7 Å². The maximum Gasteiger partial charge on any atom is 0.0601 e. The fraction of sp³-hybridized carbons (Fsp3) is 1.00. The summed E-state index contributed by atoms with van der Waals surface area (Å²) in [5.74, 6) is 0.750. The van der Waals surface area contributed by atoms with Gasteiger partial charge in [0.25, 0.3) is 0 Å². The number of hydrogen-bond donors (Lipinski definition) is 1. The zero-order chi connectivity index (χ0) is 13.9. The number of likely N-dealkylation sites (tertiary alicyclic amines) is 1. The summed E-state index contributed by atoms with van der Waals surface area (Å²) in [6, 6.07) is 0.350. The highest BCUT2D eigenvalue weighted by Crippen LogP contribution is 2.28. The molecule has 3 nitrogen and oxygen atoms in total. The lowest BCUT2D eigenvalue weighted by molar-refractivity contribution is -0.0222. The molecule has 3 atom stereocenters. The third-order valence-corrected chi connectivity index (χ3v) is 5.16. The molecule has 1 aliphatic heterocycles. The van der Waals surface area contributed by atoms with Crippen molar-refractivity contribution in [1.29, 1.82) is 0 Å². The molecule has 2 rings (SSSR count). The average Bonchev–Trinajstić information content (AvgIpc) is 2.36. The van der Waals surface area contributed by atoms with Crippen LogP contribution in [0.25, 0.3) is 0 Å². The van der Waals surface area contributed by atoms with Crippen LogP contribution in [-0.4, -0.2) is 43.3 Å². The summed E-state index contributed by atoms with van der Waals surface area (Å²) in [5.41, 5.74) is 6.43. The molecular formula is C16H32N2O. The van der Waals surface area contributed by atoms with Crippen molar-refractivity contribution in [2.24, 2.45) is 17.1 Å². The molecule has 0 spiro atoms. The molecule has 0 aromatic carbocycles. The van der Waals surface area contributed by atoms with Gasteiger partial charge < -0.3 is 15.4 Å². The second-order valence-electron chi connectivity index (χ2n) is 7.33. The Morgan fingerprint density at radius 1 is 1.21 bits per heavy atom. The Labute approximate surface area is 118 Å². The monoisotopic (exact) mass is 268 g/mol. The summed E-state index contributed by atoms with van der Waals surface area (Å²) in [7, 11) is 0. The lowest BCUT2D eigenvalue weighted by Gasteiger charge is -2.42. The summed E-state index contributed by atoms with van der Waals surface area (Å²) in [5, 5.41) is 0. The molecule has 0 aromatic rings. The van der Waals surface area contributed by atoms with Crippen LogP contribution in [0, 0.1) is 11.3 Å². The van der Waals surface area contributed by atoms with Crippen molar-refractivity contribution in [2.45, 2.75) is 65.0 Å². The van der Waals surface area contributed by atoms with Crippen LogP contribution in [0.4, 0.5) is 0 Å². The van der Waals surface area contributed by atoms with Gasteiger partial charge in [0.15, 0.2) is 0 Å². The van der Waals surface area contributed by atoms with E-state index in [2.05, 4.69) is 25.7 Å². The lowest BCUT2D eigenvalue weighted by atomic mass is 9.80. The Hall–Kier alpha value is -0.120. The standard InChI is InChI=1S/C16H32N2O/c1-13-6-4-5-7-14(13)19-11-10-18-9-8-15(17)16(2,3)12-18/h13-15H,4-12,17H2,1-3H3.